The normalized spacial score (nSPS) is 18.1. The van der Waals surface area contributed by atoms with Gasteiger partial charge in [0.25, 0.3) is 0 Å². The maximum absolute atomic E-state index is 12.0. The first-order chi connectivity index (χ1) is 8.27. The van der Waals surface area contributed by atoms with Gasteiger partial charge in [0.2, 0.25) is 5.91 Å². The van der Waals surface area contributed by atoms with E-state index in [9.17, 15) is 4.79 Å². The summed E-state index contributed by atoms with van der Waals surface area (Å²) in [6.07, 6.45) is 5.15. The Morgan fingerprint density at radius 1 is 1.29 bits per heavy atom. The summed E-state index contributed by atoms with van der Waals surface area (Å²) in [7, 11) is 0. The van der Waals surface area contributed by atoms with Crippen LogP contribution in [0, 0.1) is 5.92 Å². The average molecular weight is 241 g/mol. The molecule has 1 heterocycles. The summed E-state index contributed by atoms with van der Waals surface area (Å²) < 4.78 is 0. The van der Waals surface area contributed by atoms with Gasteiger partial charge < -0.3 is 16.0 Å². The highest BCUT2D eigenvalue weighted by molar-refractivity contribution is 5.76. The topological polar surface area (TPSA) is 58.4 Å². The molecule has 1 rings (SSSR count). The van der Waals surface area contributed by atoms with Crippen LogP contribution in [-0.2, 0) is 4.79 Å². The van der Waals surface area contributed by atoms with E-state index < -0.39 is 0 Å². The van der Waals surface area contributed by atoms with Gasteiger partial charge in [-0.1, -0.05) is 19.8 Å². The molecule has 1 unspecified atom stereocenters. The smallest absolute Gasteiger partial charge is 0.222 e. The molecular formula is C13H27N3O. The Labute approximate surface area is 105 Å². The number of hydrogen-bond acceptors (Lipinski definition) is 3. The minimum absolute atomic E-state index is 0.324. The molecule has 1 fully saturated rings. The Bertz CT molecular complexity index is 209. The van der Waals surface area contributed by atoms with Crippen molar-refractivity contribution in [2.45, 2.75) is 39.0 Å². The van der Waals surface area contributed by atoms with Crippen molar-refractivity contribution in [1.29, 1.82) is 0 Å². The third kappa shape index (κ3) is 5.50. The van der Waals surface area contributed by atoms with E-state index in [2.05, 4.69) is 12.2 Å². The highest BCUT2D eigenvalue weighted by Gasteiger charge is 2.17. The molecular weight excluding hydrogens is 214 g/mol. The lowest BCUT2D eigenvalue weighted by atomic mass is 9.94. The van der Waals surface area contributed by atoms with Crippen LogP contribution in [-0.4, -0.2) is 43.5 Å². The molecule has 0 radical (unpaired) electrons. The minimum atomic E-state index is 0.324. The summed E-state index contributed by atoms with van der Waals surface area (Å²) in [5, 5.41) is 3.26. The van der Waals surface area contributed by atoms with E-state index in [4.69, 9.17) is 5.73 Å². The van der Waals surface area contributed by atoms with Crippen molar-refractivity contribution in [3.63, 3.8) is 0 Å². The molecule has 0 aromatic rings. The lowest BCUT2D eigenvalue weighted by Crippen LogP contribution is -2.46. The second-order valence-electron chi connectivity index (χ2n) is 4.90. The van der Waals surface area contributed by atoms with Crippen molar-refractivity contribution >= 4 is 5.91 Å². The average Bonchev–Trinajstić information content (AvgIpc) is 2.37. The van der Waals surface area contributed by atoms with E-state index in [0.29, 0.717) is 18.2 Å². The van der Waals surface area contributed by atoms with Gasteiger partial charge in [0.1, 0.15) is 0 Å². The van der Waals surface area contributed by atoms with Crippen molar-refractivity contribution in [2.75, 3.05) is 32.7 Å². The van der Waals surface area contributed by atoms with Crippen LogP contribution in [0.1, 0.15) is 39.0 Å². The molecule has 1 atom stereocenters. The zero-order valence-corrected chi connectivity index (χ0v) is 11.1. The van der Waals surface area contributed by atoms with Crippen LogP contribution in [0.5, 0.6) is 0 Å². The maximum atomic E-state index is 12.0. The fourth-order valence-corrected chi connectivity index (χ4v) is 2.48. The molecule has 1 aliphatic heterocycles. The fourth-order valence-electron chi connectivity index (χ4n) is 2.48. The standard InChI is InChI=1S/C13H27N3O/c1-2-3-12(6-7-14)4-5-13(17)16-10-8-15-9-11-16/h12,15H,2-11,14H2,1H3. The number of piperazine rings is 1. The van der Waals surface area contributed by atoms with Crippen LogP contribution in [0.3, 0.4) is 0 Å². The third-order valence-electron chi connectivity index (χ3n) is 3.51. The number of nitrogens with zero attached hydrogens (tertiary/aromatic N) is 1. The molecule has 100 valence electrons. The summed E-state index contributed by atoms with van der Waals surface area (Å²) in [6.45, 7) is 6.55. The third-order valence-corrected chi connectivity index (χ3v) is 3.51. The predicted molar refractivity (Wildman–Crippen MR) is 70.8 cm³/mol. The van der Waals surface area contributed by atoms with Gasteiger partial charge in [0.15, 0.2) is 0 Å². The Kier molecular flexibility index (Phi) is 7.21. The molecule has 17 heavy (non-hydrogen) atoms. The lowest BCUT2D eigenvalue weighted by Gasteiger charge is -2.28. The highest BCUT2D eigenvalue weighted by atomic mass is 16.2. The summed E-state index contributed by atoms with van der Waals surface area (Å²) in [5.41, 5.74) is 5.61. The van der Waals surface area contributed by atoms with E-state index >= 15 is 0 Å². The van der Waals surface area contributed by atoms with Crippen LogP contribution in [0.2, 0.25) is 0 Å². The Hall–Kier alpha value is -0.610. The number of carbonyl (C=O) groups is 1. The summed E-state index contributed by atoms with van der Waals surface area (Å²) in [5.74, 6) is 0.960. The van der Waals surface area contributed by atoms with Crippen LogP contribution in [0.4, 0.5) is 0 Å². The molecule has 0 bridgehead atoms. The molecule has 3 N–H and O–H groups in total. The van der Waals surface area contributed by atoms with Crippen LogP contribution >= 0.6 is 0 Å². The molecule has 1 aliphatic rings. The molecule has 1 amide bonds. The Morgan fingerprint density at radius 3 is 2.59 bits per heavy atom. The molecule has 0 aliphatic carbocycles. The SMILES string of the molecule is CCCC(CCN)CCC(=O)N1CCNCC1. The van der Waals surface area contributed by atoms with Crippen molar-refractivity contribution in [1.82, 2.24) is 10.2 Å². The van der Waals surface area contributed by atoms with Crippen molar-refractivity contribution < 1.29 is 4.79 Å². The zero-order chi connectivity index (χ0) is 12.5. The first-order valence-electron chi connectivity index (χ1n) is 6.96. The van der Waals surface area contributed by atoms with E-state index in [1.165, 1.54) is 12.8 Å². The van der Waals surface area contributed by atoms with Gasteiger partial charge in [-0.15, -0.1) is 0 Å². The van der Waals surface area contributed by atoms with Crippen LogP contribution in [0.25, 0.3) is 0 Å². The first-order valence-corrected chi connectivity index (χ1v) is 6.96. The van der Waals surface area contributed by atoms with Crippen molar-refractivity contribution in [3.05, 3.63) is 0 Å². The predicted octanol–water partition coefficient (Wildman–Crippen LogP) is 0.964. The number of nitrogens with one attached hydrogen (secondary N) is 1. The largest absolute Gasteiger partial charge is 0.340 e. The first kappa shape index (κ1) is 14.5. The second kappa shape index (κ2) is 8.48. The maximum Gasteiger partial charge on any atom is 0.222 e. The Morgan fingerprint density at radius 2 is 2.00 bits per heavy atom. The fraction of sp³-hybridized carbons (Fsp3) is 0.923. The molecule has 0 aromatic heterocycles. The summed E-state index contributed by atoms with van der Waals surface area (Å²) in [4.78, 5) is 14.0. The van der Waals surface area contributed by atoms with E-state index in [0.717, 1.165) is 45.6 Å². The van der Waals surface area contributed by atoms with Gasteiger partial charge in [0.05, 0.1) is 0 Å². The number of amides is 1. The van der Waals surface area contributed by atoms with Crippen molar-refractivity contribution in [2.24, 2.45) is 11.7 Å². The molecule has 1 saturated heterocycles. The van der Waals surface area contributed by atoms with Crippen LogP contribution < -0.4 is 11.1 Å². The lowest BCUT2D eigenvalue weighted by molar-refractivity contribution is -0.132. The molecule has 0 aromatic carbocycles. The molecule has 0 spiro atoms. The van der Waals surface area contributed by atoms with E-state index in [-0.39, 0.29) is 0 Å². The van der Waals surface area contributed by atoms with Gasteiger partial charge >= 0.3 is 0 Å². The molecule has 0 saturated carbocycles. The molecule has 4 heteroatoms. The van der Waals surface area contributed by atoms with Crippen LogP contribution in [0.15, 0.2) is 0 Å². The number of carbonyl (C=O) groups excluding carboxylic acids is 1. The number of hydrogen-bond donors (Lipinski definition) is 2. The summed E-state index contributed by atoms with van der Waals surface area (Å²) >= 11 is 0. The quantitative estimate of drug-likeness (QED) is 0.698. The van der Waals surface area contributed by atoms with E-state index in [1.54, 1.807) is 0 Å². The van der Waals surface area contributed by atoms with Gasteiger partial charge in [-0.2, -0.15) is 0 Å². The van der Waals surface area contributed by atoms with Gasteiger partial charge in [-0.05, 0) is 25.3 Å². The number of rotatable bonds is 7. The van der Waals surface area contributed by atoms with E-state index in [1.807, 2.05) is 4.90 Å². The molecule has 4 nitrogen and oxygen atoms in total. The minimum Gasteiger partial charge on any atom is -0.340 e. The van der Waals surface area contributed by atoms with Gasteiger partial charge in [0, 0.05) is 32.6 Å². The summed E-state index contributed by atoms with van der Waals surface area (Å²) in [6, 6.07) is 0. The second-order valence-corrected chi connectivity index (χ2v) is 4.90. The Balaban J connectivity index is 2.24. The van der Waals surface area contributed by atoms with Crippen molar-refractivity contribution in [3.8, 4) is 0 Å². The van der Waals surface area contributed by atoms with Gasteiger partial charge in [-0.25, -0.2) is 0 Å². The number of nitrogens with two attached hydrogens (primary N) is 1. The monoisotopic (exact) mass is 241 g/mol. The zero-order valence-electron chi connectivity index (χ0n) is 11.1. The highest BCUT2D eigenvalue weighted by Crippen LogP contribution is 2.17. The van der Waals surface area contributed by atoms with Gasteiger partial charge in [-0.3, -0.25) is 4.79 Å².